The molecular weight excluding hydrogens is 390 g/mol. The summed E-state index contributed by atoms with van der Waals surface area (Å²) < 4.78 is 0. The lowest BCUT2D eigenvalue weighted by Crippen LogP contribution is -2.47. The van der Waals surface area contributed by atoms with E-state index in [-0.39, 0.29) is 23.7 Å². The van der Waals surface area contributed by atoms with Gasteiger partial charge in [0, 0.05) is 29.7 Å². The Labute approximate surface area is 184 Å². The van der Waals surface area contributed by atoms with E-state index >= 15 is 0 Å². The van der Waals surface area contributed by atoms with Crippen molar-refractivity contribution in [1.29, 1.82) is 0 Å². The van der Waals surface area contributed by atoms with Gasteiger partial charge in [-0.25, -0.2) is 0 Å². The van der Waals surface area contributed by atoms with Gasteiger partial charge in [-0.2, -0.15) is 0 Å². The van der Waals surface area contributed by atoms with E-state index in [4.69, 9.17) is 0 Å². The number of rotatable bonds is 6. The van der Waals surface area contributed by atoms with Gasteiger partial charge in [0.2, 0.25) is 12.2 Å². The molecule has 2 amide bonds. The fraction of sp³-hybridized carbons (Fsp3) is 0.440. The Hall–Kier alpha value is -3.02. The van der Waals surface area contributed by atoms with Crippen molar-refractivity contribution in [3.05, 3.63) is 59.9 Å². The second-order valence-electron chi connectivity index (χ2n) is 9.16. The lowest BCUT2D eigenvalue weighted by atomic mass is 9.87. The lowest BCUT2D eigenvalue weighted by molar-refractivity contribution is -0.132. The highest BCUT2D eigenvalue weighted by atomic mass is 16.2. The number of aromatic nitrogens is 1. The van der Waals surface area contributed by atoms with E-state index in [0.717, 1.165) is 31.2 Å². The van der Waals surface area contributed by atoms with Gasteiger partial charge >= 0.3 is 0 Å². The van der Waals surface area contributed by atoms with Gasteiger partial charge < -0.3 is 5.32 Å². The molecule has 6 heteroatoms. The first-order chi connectivity index (χ1) is 14.8. The van der Waals surface area contributed by atoms with E-state index in [0.29, 0.717) is 11.3 Å². The fourth-order valence-electron chi connectivity index (χ4n) is 4.06. The maximum absolute atomic E-state index is 13.4. The van der Waals surface area contributed by atoms with E-state index in [2.05, 4.69) is 31.1 Å². The van der Waals surface area contributed by atoms with Crippen LogP contribution >= 0.6 is 0 Å². The number of nitrogens with zero attached hydrogens (tertiary/aromatic N) is 2. The minimum absolute atomic E-state index is 0.0564. The molecule has 1 aromatic heterocycles. The van der Waals surface area contributed by atoms with Gasteiger partial charge in [0.25, 0.3) is 5.91 Å². The number of aldehydes is 1. The minimum Gasteiger partial charge on any atom is -0.351 e. The number of hydrogen-bond donors (Lipinski definition) is 1. The Bertz CT molecular complexity index is 898. The minimum atomic E-state index is -0.978. The zero-order chi connectivity index (χ0) is 22.4. The number of pyridine rings is 1. The Morgan fingerprint density at radius 1 is 1.10 bits per heavy atom. The topological polar surface area (TPSA) is 79.4 Å². The number of carbonyl (C=O) groups is 3. The van der Waals surface area contributed by atoms with Crippen molar-refractivity contribution in [3.8, 4) is 0 Å². The molecule has 0 bridgehead atoms. The maximum atomic E-state index is 13.4. The highest BCUT2D eigenvalue weighted by Crippen LogP contribution is 2.31. The SMILES string of the molecule is CC(C)(C)c1ccc(N(C(=O)C=O)C(C(=O)NC2CCCCC2)c2cccnc2)cc1. The molecule has 3 rings (SSSR count). The normalized spacial score (nSPS) is 15.7. The third-order valence-electron chi connectivity index (χ3n) is 5.81. The van der Waals surface area contributed by atoms with Crippen molar-refractivity contribution in [2.45, 2.75) is 70.4 Å². The van der Waals surface area contributed by atoms with Crippen molar-refractivity contribution in [2.24, 2.45) is 0 Å². The third-order valence-corrected chi connectivity index (χ3v) is 5.81. The molecule has 0 saturated heterocycles. The first kappa shape index (κ1) is 22.7. The monoisotopic (exact) mass is 421 g/mol. The van der Waals surface area contributed by atoms with Gasteiger partial charge in [-0.05, 0) is 42.0 Å². The van der Waals surface area contributed by atoms with Gasteiger partial charge in [0.15, 0.2) is 0 Å². The predicted molar refractivity (Wildman–Crippen MR) is 121 cm³/mol. The van der Waals surface area contributed by atoms with Crippen LogP contribution in [0.3, 0.4) is 0 Å². The lowest BCUT2D eigenvalue weighted by Gasteiger charge is -2.32. The first-order valence-electron chi connectivity index (χ1n) is 10.9. The highest BCUT2D eigenvalue weighted by molar-refractivity contribution is 6.31. The van der Waals surface area contributed by atoms with Crippen molar-refractivity contribution in [3.63, 3.8) is 0 Å². The van der Waals surface area contributed by atoms with E-state index < -0.39 is 11.9 Å². The van der Waals surface area contributed by atoms with E-state index in [1.165, 1.54) is 11.3 Å². The molecular formula is C25H31N3O3. The number of hydrogen-bond acceptors (Lipinski definition) is 4. The Morgan fingerprint density at radius 3 is 2.32 bits per heavy atom. The first-order valence-corrected chi connectivity index (χ1v) is 10.9. The van der Waals surface area contributed by atoms with Crippen LogP contribution in [0.2, 0.25) is 0 Å². The molecule has 1 aliphatic rings. The quantitative estimate of drug-likeness (QED) is 0.563. The summed E-state index contributed by atoms with van der Waals surface area (Å²) in [6.07, 6.45) is 8.62. The molecule has 164 valence electrons. The molecule has 1 N–H and O–H groups in total. The van der Waals surface area contributed by atoms with Gasteiger partial charge in [-0.15, -0.1) is 0 Å². The van der Waals surface area contributed by atoms with E-state index in [1.54, 1.807) is 36.7 Å². The molecule has 31 heavy (non-hydrogen) atoms. The van der Waals surface area contributed by atoms with Crippen LogP contribution in [-0.2, 0) is 19.8 Å². The van der Waals surface area contributed by atoms with Crippen molar-refractivity contribution < 1.29 is 14.4 Å². The van der Waals surface area contributed by atoms with Gasteiger partial charge in [0.1, 0.15) is 6.04 Å². The second kappa shape index (κ2) is 9.86. The smallest absolute Gasteiger partial charge is 0.292 e. The maximum Gasteiger partial charge on any atom is 0.292 e. The second-order valence-corrected chi connectivity index (χ2v) is 9.16. The summed E-state index contributed by atoms with van der Waals surface area (Å²) >= 11 is 0. The standard InChI is InChI=1S/C25H31N3O3/c1-25(2,3)19-11-13-21(14-12-19)28(22(30)17-29)23(18-8-7-15-26-16-18)24(31)27-20-9-5-4-6-10-20/h7-8,11-17,20,23H,4-6,9-10H2,1-3H3,(H,27,31). The Morgan fingerprint density at radius 2 is 1.77 bits per heavy atom. The average Bonchev–Trinajstić information content (AvgIpc) is 2.77. The van der Waals surface area contributed by atoms with Crippen LogP contribution in [-0.4, -0.2) is 29.1 Å². The summed E-state index contributed by atoms with van der Waals surface area (Å²) in [5.41, 5.74) is 2.10. The molecule has 1 unspecified atom stereocenters. The predicted octanol–water partition coefficient (Wildman–Crippen LogP) is 4.10. The van der Waals surface area contributed by atoms with Crippen LogP contribution in [0, 0.1) is 0 Å². The molecule has 1 fully saturated rings. The molecule has 0 spiro atoms. The van der Waals surface area contributed by atoms with Gasteiger partial charge in [-0.1, -0.05) is 58.2 Å². The summed E-state index contributed by atoms with van der Waals surface area (Å²) in [5.74, 6) is -1.06. The number of amides is 2. The van der Waals surface area contributed by atoms with Crippen LogP contribution in [0.15, 0.2) is 48.8 Å². The molecule has 1 aromatic carbocycles. The summed E-state index contributed by atoms with van der Waals surface area (Å²) in [5, 5.41) is 3.11. The summed E-state index contributed by atoms with van der Waals surface area (Å²) in [6, 6.07) is 10.0. The average molecular weight is 422 g/mol. The highest BCUT2D eigenvalue weighted by Gasteiger charge is 2.34. The number of carbonyl (C=O) groups excluding carboxylic acids is 3. The van der Waals surface area contributed by atoms with E-state index in [9.17, 15) is 14.4 Å². The van der Waals surface area contributed by atoms with Crippen molar-refractivity contribution >= 4 is 23.8 Å². The molecule has 0 radical (unpaired) electrons. The van der Waals surface area contributed by atoms with Crippen LogP contribution in [0.4, 0.5) is 5.69 Å². The fourth-order valence-corrected chi connectivity index (χ4v) is 4.06. The van der Waals surface area contributed by atoms with Crippen LogP contribution in [0.5, 0.6) is 0 Å². The van der Waals surface area contributed by atoms with Gasteiger partial charge in [-0.3, -0.25) is 24.3 Å². The van der Waals surface area contributed by atoms with Gasteiger partial charge in [0.05, 0.1) is 0 Å². The largest absolute Gasteiger partial charge is 0.351 e. The molecule has 6 nitrogen and oxygen atoms in total. The number of anilines is 1. The van der Waals surface area contributed by atoms with Crippen molar-refractivity contribution in [2.75, 3.05) is 4.90 Å². The zero-order valence-electron chi connectivity index (χ0n) is 18.5. The molecule has 1 heterocycles. The zero-order valence-corrected chi connectivity index (χ0v) is 18.5. The number of nitrogens with one attached hydrogen (secondary N) is 1. The summed E-state index contributed by atoms with van der Waals surface area (Å²) in [7, 11) is 0. The summed E-state index contributed by atoms with van der Waals surface area (Å²) in [6.45, 7) is 6.31. The molecule has 1 aliphatic carbocycles. The molecule has 1 saturated carbocycles. The van der Waals surface area contributed by atoms with Crippen LogP contribution in [0.1, 0.15) is 70.0 Å². The molecule has 2 aromatic rings. The number of benzene rings is 1. The Balaban J connectivity index is 2.00. The summed E-state index contributed by atoms with van der Waals surface area (Å²) in [4.78, 5) is 43.2. The van der Waals surface area contributed by atoms with Crippen LogP contribution in [0.25, 0.3) is 0 Å². The Kier molecular flexibility index (Phi) is 7.21. The molecule has 0 aliphatic heterocycles. The third kappa shape index (κ3) is 5.57. The van der Waals surface area contributed by atoms with Crippen molar-refractivity contribution in [1.82, 2.24) is 10.3 Å². The van der Waals surface area contributed by atoms with E-state index in [1.807, 2.05) is 12.1 Å². The molecule has 1 atom stereocenters. The van der Waals surface area contributed by atoms with Crippen LogP contribution < -0.4 is 10.2 Å².